The van der Waals surface area contributed by atoms with Crippen LogP contribution in [-0.2, 0) is 0 Å². The van der Waals surface area contributed by atoms with E-state index in [4.69, 9.17) is 0 Å². The maximum atomic E-state index is 10.5. The smallest absolute Gasteiger partial charge is 0.272 e. The first-order chi connectivity index (χ1) is 6.52. The lowest BCUT2D eigenvalue weighted by molar-refractivity contribution is -0.385. The minimum Gasteiger partial charge on any atom is -0.393 e. The Hall–Kier alpha value is -1.49. The number of nitro groups is 1. The number of pyridine rings is 1. The molecule has 0 spiro atoms. The van der Waals surface area contributed by atoms with E-state index in [-0.39, 0.29) is 11.6 Å². The molecule has 0 bridgehead atoms. The average molecular weight is 196 g/mol. The Bertz CT molecular complexity index is 339. The molecule has 1 aromatic rings. The van der Waals surface area contributed by atoms with Crippen molar-refractivity contribution in [1.82, 2.24) is 4.98 Å². The van der Waals surface area contributed by atoms with Gasteiger partial charge in [0.15, 0.2) is 0 Å². The second-order valence-corrected chi connectivity index (χ2v) is 3.23. The average Bonchev–Trinajstić information content (AvgIpc) is 2.16. The minimum absolute atomic E-state index is 0.00231. The fourth-order valence-electron chi connectivity index (χ4n) is 1.05. The summed E-state index contributed by atoms with van der Waals surface area (Å²) >= 11 is 0. The number of hydrogen-bond donors (Lipinski definition) is 1. The van der Waals surface area contributed by atoms with Crippen molar-refractivity contribution < 1.29 is 10.0 Å². The summed E-state index contributed by atoms with van der Waals surface area (Å²) < 4.78 is 0. The van der Waals surface area contributed by atoms with E-state index in [9.17, 15) is 15.2 Å². The van der Waals surface area contributed by atoms with Crippen molar-refractivity contribution in [3.05, 3.63) is 34.1 Å². The van der Waals surface area contributed by atoms with E-state index in [1.807, 2.05) is 0 Å². The van der Waals surface area contributed by atoms with Gasteiger partial charge in [-0.25, -0.2) is 0 Å². The molecule has 5 nitrogen and oxygen atoms in total. The molecule has 2 atom stereocenters. The maximum Gasteiger partial charge on any atom is 0.272 e. The van der Waals surface area contributed by atoms with Gasteiger partial charge in [0.05, 0.1) is 16.7 Å². The van der Waals surface area contributed by atoms with Gasteiger partial charge in [-0.3, -0.25) is 15.1 Å². The van der Waals surface area contributed by atoms with Crippen LogP contribution in [0.15, 0.2) is 18.3 Å². The molecule has 0 saturated heterocycles. The molecule has 76 valence electrons. The van der Waals surface area contributed by atoms with Gasteiger partial charge in [0.2, 0.25) is 0 Å². The van der Waals surface area contributed by atoms with E-state index in [0.717, 1.165) is 0 Å². The van der Waals surface area contributed by atoms with Crippen molar-refractivity contribution in [1.29, 1.82) is 0 Å². The molecule has 0 fully saturated rings. The Morgan fingerprint density at radius 1 is 1.57 bits per heavy atom. The molecule has 1 N–H and O–H groups in total. The zero-order valence-corrected chi connectivity index (χ0v) is 8.04. The molecule has 0 saturated carbocycles. The van der Waals surface area contributed by atoms with Crippen LogP contribution in [0.25, 0.3) is 0 Å². The quantitative estimate of drug-likeness (QED) is 0.586. The Labute approximate surface area is 81.6 Å². The highest BCUT2D eigenvalue weighted by molar-refractivity contribution is 5.31. The molecular weight excluding hydrogens is 184 g/mol. The zero-order valence-electron chi connectivity index (χ0n) is 8.04. The van der Waals surface area contributed by atoms with Crippen molar-refractivity contribution in [2.75, 3.05) is 0 Å². The topological polar surface area (TPSA) is 76.3 Å². The molecule has 0 amide bonds. The second-order valence-electron chi connectivity index (χ2n) is 3.23. The Kier molecular flexibility index (Phi) is 3.14. The molecular formula is C9H12N2O3. The van der Waals surface area contributed by atoms with E-state index in [0.29, 0.717) is 5.69 Å². The zero-order chi connectivity index (χ0) is 10.7. The third-order valence-electron chi connectivity index (χ3n) is 2.17. The van der Waals surface area contributed by atoms with Crippen LogP contribution in [0.1, 0.15) is 25.5 Å². The van der Waals surface area contributed by atoms with Gasteiger partial charge in [0.25, 0.3) is 5.69 Å². The van der Waals surface area contributed by atoms with Crippen LogP contribution < -0.4 is 0 Å². The summed E-state index contributed by atoms with van der Waals surface area (Å²) in [4.78, 5) is 14.0. The number of nitrogens with zero attached hydrogens (tertiary/aromatic N) is 2. The normalized spacial score (nSPS) is 14.8. The number of rotatable bonds is 3. The summed E-state index contributed by atoms with van der Waals surface area (Å²) in [5, 5.41) is 19.8. The first-order valence-corrected chi connectivity index (χ1v) is 4.30. The van der Waals surface area contributed by atoms with Crippen molar-refractivity contribution in [3.8, 4) is 0 Å². The van der Waals surface area contributed by atoms with E-state index in [2.05, 4.69) is 4.98 Å². The third kappa shape index (κ3) is 2.26. The van der Waals surface area contributed by atoms with E-state index >= 15 is 0 Å². The summed E-state index contributed by atoms with van der Waals surface area (Å²) in [6.07, 6.45) is 0.816. The molecule has 1 aromatic heterocycles. The number of aliphatic hydroxyl groups is 1. The lowest BCUT2D eigenvalue weighted by Gasteiger charge is -2.12. The van der Waals surface area contributed by atoms with Crippen molar-refractivity contribution in [2.24, 2.45) is 0 Å². The van der Waals surface area contributed by atoms with Crippen molar-refractivity contribution >= 4 is 5.69 Å². The summed E-state index contributed by atoms with van der Waals surface area (Å²) in [7, 11) is 0. The van der Waals surface area contributed by atoms with Crippen molar-refractivity contribution in [2.45, 2.75) is 25.9 Å². The van der Waals surface area contributed by atoms with Crippen LogP contribution >= 0.6 is 0 Å². The maximum absolute atomic E-state index is 10.5. The van der Waals surface area contributed by atoms with E-state index in [1.165, 1.54) is 18.3 Å². The number of aliphatic hydroxyl groups excluding tert-OH is 1. The minimum atomic E-state index is -0.565. The van der Waals surface area contributed by atoms with Gasteiger partial charge in [0.1, 0.15) is 0 Å². The number of hydrogen-bond acceptors (Lipinski definition) is 4. The monoisotopic (exact) mass is 196 g/mol. The first kappa shape index (κ1) is 10.6. The highest BCUT2D eigenvalue weighted by Gasteiger charge is 2.15. The summed E-state index contributed by atoms with van der Waals surface area (Å²) in [5.74, 6) is -0.199. The Balaban J connectivity index is 2.99. The summed E-state index contributed by atoms with van der Waals surface area (Å²) in [5.41, 5.74) is 0.539. The SMILES string of the molecule is CC(O)C(C)c1cc([N+](=O)[O-])ccn1. The second kappa shape index (κ2) is 4.15. The van der Waals surface area contributed by atoms with Crippen LogP contribution in [0.2, 0.25) is 0 Å². The number of aromatic nitrogens is 1. The van der Waals surface area contributed by atoms with Crippen LogP contribution in [0.5, 0.6) is 0 Å². The van der Waals surface area contributed by atoms with Gasteiger partial charge in [-0.2, -0.15) is 0 Å². The molecule has 1 rings (SSSR count). The van der Waals surface area contributed by atoms with E-state index < -0.39 is 11.0 Å². The van der Waals surface area contributed by atoms with E-state index in [1.54, 1.807) is 13.8 Å². The molecule has 14 heavy (non-hydrogen) atoms. The fourth-order valence-corrected chi connectivity index (χ4v) is 1.05. The first-order valence-electron chi connectivity index (χ1n) is 4.30. The fraction of sp³-hybridized carbons (Fsp3) is 0.444. The highest BCUT2D eigenvalue weighted by atomic mass is 16.6. The van der Waals surface area contributed by atoms with Crippen LogP contribution in [0.3, 0.4) is 0 Å². The largest absolute Gasteiger partial charge is 0.393 e. The molecule has 0 aliphatic rings. The van der Waals surface area contributed by atoms with Crippen molar-refractivity contribution in [3.63, 3.8) is 0 Å². The Morgan fingerprint density at radius 2 is 2.21 bits per heavy atom. The van der Waals surface area contributed by atoms with Gasteiger partial charge >= 0.3 is 0 Å². The molecule has 0 radical (unpaired) electrons. The van der Waals surface area contributed by atoms with Gasteiger partial charge in [-0.05, 0) is 6.92 Å². The molecule has 1 heterocycles. The molecule has 2 unspecified atom stereocenters. The predicted octanol–water partition coefficient (Wildman–Crippen LogP) is 1.47. The molecule has 5 heteroatoms. The highest BCUT2D eigenvalue weighted by Crippen LogP contribution is 2.20. The van der Waals surface area contributed by atoms with Crippen LogP contribution in [0, 0.1) is 10.1 Å². The lowest BCUT2D eigenvalue weighted by Crippen LogP contribution is -2.12. The molecule has 0 aliphatic carbocycles. The summed E-state index contributed by atoms with van der Waals surface area (Å²) in [6.45, 7) is 3.40. The lowest BCUT2D eigenvalue weighted by atomic mass is 10.0. The van der Waals surface area contributed by atoms with Crippen LogP contribution in [0.4, 0.5) is 5.69 Å². The van der Waals surface area contributed by atoms with Gasteiger partial charge in [-0.15, -0.1) is 0 Å². The molecule has 0 aliphatic heterocycles. The third-order valence-corrected chi connectivity index (χ3v) is 2.17. The van der Waals surface area contributed by atoms with Crippen LogP contribution in [-0.4, -0.2) is 21.1 Å². The summed E-state index contributed by atoms with van der Waals surface area (Å²) in [6, 6.07) is 2.72. The molecule has 0 aromatic carbocycles. The van der Waals surface area contributed by atoms with Gasteiger partial charge in [0, 0.05) is 24.2 Å². The Morgan fingerprint density at radius 3 is 2.71 bits per heavy atom. The standard InChI is InChI=1S/C9H12N2O3/c1-6(7(2)12)9-5-8(11(13)14)3-4-10-9/h3-7,12H,1-2H3. The van der Waals surface area contributed by atoms with Gasteiger partial charge < -0.3 is 5.11 Å². The van der Waals surface area contributed by atoms with Gasteiger partial charge in [-0.1, -0.05) is 6.92 Å². The predicted molar refractivity (Wildman–Crippen MR) is 51.0 cm³/mol.